The van der Waals surface area contributed by atoms with Crippen LogP contribution in [0, 0.1) is 6.92 Å². The smallest absolute Gasteiger partial charge is 0.154 e. The lowest BCUT2D eigenvalue weighted by Gasteiger charge is -1.93. The van der Waals surface area contributed by atoms with E-state index in [0.717, 1.165) is 22.4 Å². The predicted octanol–water partition coefficient (Wildman–Crippen LogP) is 3.13. The summed E-state index contributed by atoms with van der Waals surface area (Å²) in [6, 6.07) is 9.99. The van der Waals surface area contributed by atoms with Gasteiger partial charge in [0.25, 0.3) is 0 Å². The molecule has 1 aromatic carbocycles. The molecular weight excluding hydrogens is 188 g/mol. The van der Waals surface area contributed by atoms with Crippen LogP contribution in [-0.4, -0.2) is 10.2 Å². The normalized spacial score (nSPS) is 11.0. The Hall–Kier alpha value is -2.03. The SMILES string of the molecule is Cc1ccc2c(-c3ccco3)n[nH]c2c1. The van der Waals surface area contributed by atoms with Gasteiger partial charge in [0.15, 0.2) is 5.76 Å². The molecule has 0 radical (unpaired) electrons. The van der Waals surface area contributed by atoms with E-state index in [2.05, 4.69) is 35.3 Å². The molecule has 0 saturated carbocycles. The molecule has 2 heterocycles. The van der Waals surface area contributed by atoms with Crippen LogP contribution in [0.2, 0.25) is 0 Å². The topological polar surface area (TPSA) is 41.8 Å². The van der Waals surface area contributed by atoms with Gasteiger partial charge in [-0.15, -0.1) is 0 Å². The Morgan fingerprint density at radius 3 is 3.00 bits per heavy atom. The number of aryl methyl sites for hydroxylation is 1. The predicted molar refractivity (Wildman–Crippen MR) is 58.5 cm³/mol. The Morgan fingerprint density at radius 1 is 1.27 bits per heavy atom. The highest BCUT2D eigenvalue weighted by molar-refractivity contribution is 5.91. The fourth-order valence-electron chi connectivity index (χ4n) is 1.73. The highest BCUT2D eigenvalue weighted by atomic mass is 16.3. The summed E-state index contributed by atoms with van der Waals surface area (Å²) in [5.74, 6) is 0.796. The molecule has 0 unspecified atom stereocenters. The van der Waals surface area contributed by atoms with Crippen LogP contribution in [0.25, 0.3) is 22.4 Å². The molecule has 0 spiro atoms. The van der Waals surface area contributed by atoms with E-state index in [-0.39, 0.29) is 0 Å². The summed E-state index contributed by atoms with van der Waals surface area (Å²) in [5, 5.41) is 8.36. The van der Waals surface area contributed by atoms with Gasteiger partial charge >= 0.3 is 0 Å². The molecule has 74 valence electrons. The first-order valence-electron chi connectivity index (χ1n) is 4.83. The van der Waals surface area contributed by atoms with Crippen LogP contribution in [0.1, 0.15) is 5.56 Å². The van der Waals surface area contributed by atoms with E-state index < -0.39 is 0 Å². The van der Waals surface area contributed by atoms with Gasteiger partial charge < -0.3 is 4.42 Å². The number of aromatic nitrogens is 2. The number of furan rings is 1. The van der Waals surface area contributed by atoms with Crippen LogP contribution >= 0.6 is 0 Å². The zero-order valence-corrected chi connectivity index (χ0v) is 8.32. The molecule has 0 amide bonds. The van der Waals surface area contributed by atoms with E-state index in [0.29, 0.717) is 0 Å². The molecule has 0 saturated heterocycles. The summed E-state index contributed by atoms with van der Waals surface area (Å²) >= 11 is 0. The minimum absolute atomic E-state index is 0.796. The van der Waals surface area contributed by atoms with E-state index in [1.165, 1.54) is 5.56 Å². The van der Waals surface area contributed by atoms with E-state index in [9.17, 15) is 0 Å². The van der Waals surface area contributed by atoms with Crippen molar-refractivity contribution < 1.29 is 4.42 Å². The summed E-state index contributed by atoms with van der Waals surface area (Å²) in [7, 11) is 0. The Morgan fingerprint density at radius 2 is 2.20 bits per heavy atom. The fraction of sp³-hybridized carbons (Fsp3) is 0.0833. The van der Waals surface area contributed by atoms with Crippen LogP contribution in [0.15, 0.2) is 41.0 Å². The van der Waals surface area contributed by atoms with E-state index in [1.54, 1.807) is 6.26 Å². The molecule has 15 heavy (non-hydrogen) atoms. The lowest BCUT2D eigenvalue weighted by Crippen LogP contribution is -1.74. The van der Waals surface area contributed by atoms with Gasteiger partial charge in [0.2, 0.25) is 0 Å². The number of benzene rings is 1. The summed E-state index contributed by atoms with van der Waals surface area (Å²) in [4.78, 5) is 0. The molecule has 2 aromatic heterocycles. The average molecular weight is 198 g/mol. The average Bonchev–Trinajstić information content (AvgIpc) is 2.82. The molecular formula is C12H10N2O. The second kappa shape index (κ2) is 2.98. The molecule has 0 aliphatic rings. The fourth-order valence-corrected chi connectivity index (χ4v) is 1.73. The molecule has 0 bridgehead atoms. The Bertz CT molecular complexity index is 593. The Balaban J connectivity index is 2.29. The molecule has 0 fully saturated rings. The largest absolute Gasteiger partial charge is 0.463 e. The van der Waals surface area contributed by atoms with Crippen molar-refractivity contribution in [3.8, 4) is 11.5 Å². The minimum Gasteiger partial charge on any atom is -0.463 e. The van der Waals surface area contributed by atoms with Gasteiger partial charge in [-0.1, -0.05) is 12.1 Å². The van der Waals surface area contributed by atoms with Crippen molar-refractivity contribution in [2.45, 2.75) is 6.92 Å². The number of rotatable bonds is 1. The number of nitrogens with one attached hydrogen (secondary N) is 1. The third kappa shape index (κ3) is 1.24. The van der Waals surface area contributed by atoms with E-state index in [1.807, 2.05) is 12.1 Å². The van der Waals surface area contributed by atoms with Gasteiger partial charge in [-0.3, -0.25) is 5.10 Å². The van der Waals surface area contributed by atoms with Crippen molar-refractivity contribution in [1.82, 2.24) is 10.2 Å². The number of H-pyrrole nitrogens is 1. The monoisotopic (exact) mass is 198 g/mol. The summed E-state index contributed by atoms with van der Waals surface area (Å²) in [5.41, 5.74) is 3.13. The minimum atomic E-state index is 0.796. The van der Waals surface area contributed by atoms with Crippen molar-refractivity contribution >= 4 is 10.9 Å². The van der Waals surface area contributed by atoms with Gasteiger partial charge in [-0.05, 0) is 30.7 Å². The number of aromatic amines is 1. The van der Waals surface area contributed by atoms with Crippen molar-refractivity contribution in [2.75, 3.05) is 0 Å². The number of nitrogens with zero attached hydrogens (tertiary/aromatic N) is 1. The molecule has 0 atom stereocenters. The summed E-state index contributed by atoms with van der Waals surface area (Å²) < 4.78 is 5.33. The van der Waals surface area contributed by atoms with Gasteiger partial charge in [-0.2, -0.15) is 5.10 Å². The quantitative estimate of drug-likeness (QED) is 0.652. The zero-order chi connectivity index (χ0) is 10.3. The maximum Gasteiger partial charge on any atom is 0.154 e. The third-order valence-electron chi connectivity index (χ3n) is 2.47. The molecule has 3 nitrogen and oxygen atoms in total. The van der Waals surface area contributed by atoms with Crippen LogP contribution in [-0.2, 0) is 0 Å². The molecule has 0 aliphatic heterocycles. The molecule has 3 aromatic rings. The first-order valence-corrected chi connectivity index (χ1v) is 4.83. The number of fused-ring (bicyclic) bond motifs is 1. The molecule has 3 rings (SSSR count). The summed E-state index contributed by atoms with van der Waals surface area (Å²) in [6.07, 6.45) is 1.66. The van der Waals surface area contributed by atoms with Crippen molar-refractivity contribution in [1.29, 1.82) is 0 Å². The van der Waals surface area contributed by atoms with Crippen molar-refractivity contribution in [3.05, 3.63) is 42.2 Å². The van der Waals surface area contributed by atoms with Crippen molar-refractivity contribution in [2.24, 2.45) is 0 Å². The number of hydrogen-bond acceptors (Lipinski definition) is 2. The van der Waals surface area contributed by atoms with Crippen molar-refractivity contribution in [3.63, 3.8) is 0 Å². The van der Waals surface area contributed by atoms with E-state index in [4.69, 9.17) is 4.42 Å². The van der Waals surface area contributed by atoms with Gasteiger partial charge in [-0.25, -0.2) is 0 Å². The molecule has 0 aliphatic carbocycles. The standard InChI is InChI=1S/C12H10N2O/c1-8-4-5-9-10(7-8)13-14-12(9)11-3-2-6-15-11/h2-7H,1H3,(H,13,14). The zero-order valence-electron chi connectivity index (χ0n) is 8.32. The first-order chi connectivity index (χ1) is 7.34. The van der Waals surface area contributed by atoms with Crippen LogP contribution in [0.3, 0.4) is 0 Å². The summed E-state index contributed by atoms with van der Waals surface area (Å²) in [6.45, 7) is 2.06. The van der Waals surface area contributed by atoms with Crippen LogP contribution in [0.5, 0.6) is 0 Å². The first kappa shape index (κ1) is 8.29. The highest BCUT2D eigenvalue weighted by Gasteiger charge is 2.09. The van der Waals surface area contributed by atoms with Crippen LogP contribution in [0.4, 0.5) is 0 Å². The molecule has 1 N–H and O–H groups in total. The second-order valence-corrected chi connectivity index (χ2v) is 3.60. The number of hydrogen-bond donors (Lipinski definition) is 1. The lowest BCUT2D eigenvalue weighted by atomic mass is 10.1. The second-order valence-electron chi connectivity index (χ2n) is 3.60. The Labute approximate surface area is 86.7 Å². The lowest BCUT2D eigenvalue weighted by molar-refractivity contribution is 0.580. The Kier molecular flexibility index (Phi) is 1.65. The van der Waals surface area contributed by atoms with Gasteiger partial charge in [0.1, 0.15) is 5.69 Å². The van der Waals surface area contributed by atoms with Gasteiger partial charge in [0, 0.05) is 5.39 Å². The third-order valence-corrected chi connectivity index (χ3v) is 2.47. The maximum absolute atomic E-state index is 5.33. The van der Waals surface area contributed by atoms with Crippen LogP contribution < -0.4 is 0 Å². The van der Waals surface area contributed by atoms with E-state index >= 15 is 0 Å². The van der Waals surface area contributed by atoms with Gasteiger partial charge in [0.05, 0.1) is 11.8 Å². The maximum atomic E-state index is 5.33. The molecule has 3 heteroatoms. The highest BCUT2D eigenvalue weighted by Crippen LogP contribution is 2.26.